The first-order chi connectivity index (χ1) is 19.3. The van der Waals surface area contributed by atoms with Gasteiger partial charge in [-0.15, -0.1) is 0 Å². The van der Waals surface area contributed by atoms with Crippen molar-refractivity contribution in [2.24, 2.45) is 11.8 Å². The summed E-state index contributed by atoms with van der Waals surface area (Å²) in [5, 5.41) is 6.07. The normalized spacial score (nSPS) is 28.1. The van der Waals surface area contributed by atoms with E-state index in [2.05, 4.69) is 10.6 Å². The van der Waals surface area contributed by atoms with E-state index in [4.69, 9.17) is 0 Å². The monoisotopic (exact) mass is 584 g/mol. The molecule has 0 radical (unpaired) electrons. The first kappa shape index (κ1) is 28.0. The summed E-state index contributed by atoms with van der Waals surface area (Å²) in [5.74, 6) is -15.7. The summed E-state index contributed by atoms with van der Waals surface area (Å²) >= 11 is 0. The zero-order chi connectivity index (χ0) is 29.6. The van der Waals surface area contributed by atoms with Crippen LogP contribution in [0, 0.1) is 72.2 Å². The molecule has 0 saturated heterocycles. The van der Waals surface area contributed by atoms with Crippen LogP contribution in [0.1, 0.15) is 84.8 Å². The summed E-state index contributed by atoms with van der Waals surface area (Å²) in [6, 6.07) is 0. The van der Waals surface area contributed by atoms with Crippen molar-refractivity contribution in [1.29, 1.82) is 0 Å². The van der Waals surface area contributed by atoms with Gasteiger partial charge in [0.2, 0.25) is 5.82 Å². The molecule has 5 aliphatic carbocycles. The molecule has 4 bridgehead atoms. The Bertz CT molecular complexity index is 1460. The highest BCUT2D eigenvalue weighted by molar-refractivity contribution is 5.95. The molecule has 3 nitrogen and oxygen atoms in total. The summed E-state index contributed by atoms with van der Waals surface area (Å²) < 4.78 is 115. The number of hydrogen-bond acceptors (Lipinski definition) is 2. The van der Waals surface area contributed by atoms with Gasteiger partial charge in [0, 0.05) is 27.9 Å². The molecule has 2 atom stereocenters. The fraction of sp³-hybridized carbons (Fsp3) is 0.500. The second-order valence-corrected chi connectivity index (χ2v) is 12.4. The first-order valence-corrected chi connectivity index (χ1v) is 13.7. The molecule has 5 saturated carbocycles. The van der Waals surface area contributed by atoms with E-state index in [9.17, 15) is 35.5 Å². The SMILES string of the molecule is Cc1c(F)c(C)c(C(NC23CC4CC(CC(NC(=O)c5c(F)c(F)c(F)c(F)c5F)(C4)C2)C3)=C2CCC2)c(F)c1F. The third-order valence-electron chi connectivity index (χ3n) is 9.60. The highest BCUT2D eigenvalue weighted by atomic mass is 19.2. The lowest BCUT2D eigenvalue weighted by Crippen LogP contribution is -2.69. The van der Waals surface area contributed by atoms with E-state index in [1.54, 1.807) is 0 Å². The standard InChI is InChI=1S/C30H28F8N2O/c1-12-17(21(33)20(32)13(2)19(12)31)27(16-4-3-5-16)39-29-7-14-6-15(8-29)10-30(9-14,11-29)40-28(41)18-22(34)24(36)26(38)25(37)23(18)35/h14-15,39H,3-11H2,1-2H3,(H,40,41). The molecule has 0 heterocycles. The van der Waals surface area contributed by atoms with Crippen molar-refractivity contribution in [1.82, 2.24) is 10.6 Å². The molecule has 0 spiro atoms. The lowest BCUT2D eigenvalue weighted by molar-refractivity contribution is -0.0420. The van der Waals surface area contributed by atoms with Gasteiger partial charge in [0.1, 0.15) is 11.4 Å². The summed E-state index contributed by atoms with van der Waals surface area (Å²) in [4.78, 5) is 13.1. The molecule has 2 N–H and O–H groups in total. The molecule has 5 aliphatic rings. The molecule has 5 fully saturated rings. The van der Waals surface area contributed by atoms with Crippen molar-refractivity contribution in [2.75, 3.05) is 0 Å². The smallest absolute Gasteiger partial charge is 0.257 e. The molecule has 0 aromatic heterocycles. The Labute approximate surface area is 231 Å². The van der Waals surface area contributed by atoms with Crippen molar-refractivity contribution in [2.45, 2.75) is 82.7 Å². The second-order valence-electron chi connectivity index (χ2n) is 12.4. The van der Waals surface area contributed by atoms with Crippen molar-refractivity contribution in [3.05, 3.63) is 74.4 Å². The van der Waals surface area contributed by atoms with Crippen LogP contribution in [0.5, 0.6) is 0 Å². The third kappa shape index (κ3) is 4.24. The molecule has 2 unspecified atom stereocenters. The molecule has 220 valence electrons. The maximum absolute atomic E-state index is 15.4. The van der Waals surface area contributed by atoms with Gasteiger partial charge >= 0.3 is 0 Å². The lowest BCUT2D eigenvalue weighted by atomic mass is 9.49. The van der Waals surface area contributed by atoms with Crippen LogP contribution in [0.3, 0.4) is 0 Å². The van der Waals surface area contributed by atoms with Crippen LogP contribution in [-0.2, 0) is 0 Å². The van der Waals surface area contributed by atoms with E-state index in [-0.39, 0.29) is 29.4 Å². The Morgan fingerprint density at radius 3 is 1.63 bits per heavy atom. The van der Waals surface area contributed by atoms with Crippen molar-refractivity contribution in [3.63, 3.8) is 0 Å². The molecular weight excluding hydrogens is 556 g/mol. The van der Waals surface area contributed by atoms with Gasteiger partial charge in [0.15, 0.2) is 34.9 Å². The van der Waals surface area contributed by atoms with Crippen molar-refractivity contribution >= 4 is 11.6 Å². The average Bonchev–Trinajstić information content (AvgIpc) is 2.86. The summed E-state index contributed by atoms with van der Waals surface area (Å²) in [7, 11) is 0. The van der Waals surface area contributed by atoms with Gasteiger partial charge in [-0.2, -0.15) is 0 Å². The average molecular weight is 585 g/mol. The van der Waals surface area contributed by atoms with Crippen LogP contribution in [0.4, 0.5) is 35.1 Å². The summed E-state index contributed by atoms with van der Waals surface area (Å²) in [6.45, 7) is 2.57. The van der Waals surface area contributed by atoms with Crippen LogP contribution in [0.15, 0.2) is 5.57 Å². The van der Waals surface area contributed by atoms with Crippen LogP contribution in [0.25, 0.3) is 5.70 Å². The van der Waals surface area contributed by atoms with E-state index >= 15 is 4.39 Å². The van der Waals surface area contributed by atoms with Gasteiger partial charge in [0.25, 0.3) is 5.91 Å². The highest BCUT2D eigenvalue weighted by Gasteiger charge is 2.59. The minimum Gasteiger partial charge on any atom is -0.379 e. The van der Waals surface area contributed by atoms with E-state index in [0.717, 1.165) is 18.4 Å². The zero-order valence-electron chi connectivity index (χ0n) is 22.5. The Balaban J connectivity index is 1.37. The molecule has 41 heavy (non-hydrogen) atoms. The minimum absolute atomic E-state index is 0.0256. The fourth-order valence-electron chi connectivity index (χ4n) is 8.08. The van der Waals surface area contributed by atoms with Crippen LogP contribution >= 0.6 is 0 Å². The van der Waals surface area contributed by atoms with E-state index in [1.807, 2.05) is 0 Å². The summed E-state index contributed by atoms with van der Waals surface area (Å²) in [6.07, 6.45) is 5.18. The number of carbonyl (C=O) groups is 1. The first-order valence-electron chi connectivity index (χ1n) is 13.7. The van der Waals surface area contributed by atoms with E-state index < -0.39 is 74.6 Å². The molecule has 1 amide bonds. The van der Waals surface area contributed by atoms with Gasteiger partial charge in [-0.1, -0.05) is 0 Å². The molecule has 0 aliphatic heterocycles. The Kier molecular flexibility index (Phi) is 6.46. The van der Waals surface area contributed by atoms with Crippen molar-refractivity contribution < 1.29 is 39.9 Å². The number of carbonyl (C=O) groups excluding carboxylic acids is 1. The number of amides is 1. The minimum atomic E-state index is -2.35. The van der Waals surface area contributed by atoms with Gasteiger partial charge in [-0.25, -0.2) is 35.1 Å². The molecule has 2 aromatic rings. The molecule has 11 heteroatoms. The fourth-order valence-corrected chi connectivity index (χ4v) is 8.08. The predicted octanol–water partition coefficient (Wildman–Crippen LogP) is 7.42. The number of rotatable bonds is 5. The van der Waals surface area contributed by atoms with E-state index in [1.165, 1.54) is 13.8 Å². The number of nitrogens with one attached hydrogen (secondary N) is 2. The van der Waals surface area contributed by atoms with Crippen LogP contribution in [0.2, 0.25) is 0 Å². The zero-order valence-corrected chi connectivity index (χ0v) is 22.5. The largest absolute Gasteiger partial charge is 0.379 e. The third-order valence-corrected chi connectivity index (χ3v) is 9.60. The molecule has 7 rings (SSSR count). The quantitative estimate of drug-likeness (QED) is 0.218. The van der Waals surface area contributed by atoms with Gasteiger partial charge < -0.3 is 10.6 Å². The number of benzene rings is 2. The Hall–Kier alpha value is -3.11. The number of allylic oxidation sites excluding steroid dienone is 1. The van der Waals surface area contributed by atoms with Gasteiger partial charge in [-0.3, -0.25) is 4.79 Å². The maximum atomic E-state index is 15.4. The van der Waals surface area contributed by atoms with E-state index in [0.29, 0.717) is 44.2 Å². The predicted molar refractivity (Wildman–Crippen MR) is 134 cm³/mol. The molecule has 2 aromatic carbocycles. The summed E-state index contributed by atoms with van der Waals surface area (Å²) in [5.41, 5.74) is -2.77. The highest BCUT2D eigenvalue weighted by Crippen LogP contribution is 2.58. The number of halogens is 8. The maximum Gasteiger partial charge on any atom is 0.257 e. The number of hydrogen-bond donors (Lipinski definition) is 2. The van der Waals surface area contributed by atoms with Gasteiger partial charge in [0.05, 0.1) is 0 Å². The topological polar surface area (TPSA) is 41.1 Å². The van der Waals surface area contributed by atoms with Crippen molar-refractivity contribution in [3.8, 4) is 0 Å². The Morgan fingerprint density at radius 2 is 1.12 bits per heavy atom. The second kappa shape index (κ2) is 9.46. The van der Waals surface area contributed by atoms with Gasteiger partial charge in [-0.05, 0) is 94.6 Å². The van der Waals surface area contributed by atoms with Crippen LogP contribution < -0.4 is 10.6 Å². The molecular formula is C30H28F8N2O. The Morgan fingerprint density at radius 1 is 0.634 bits per heavy atom. The van der Waals surface area contributed by atoms with Crippen LogP contribution in [-0.4, -0.2) is 17.0 Å². The lowest BCUT2D eigenvalue weighted by Gasteiger charge is -2.62.